The molecular weight excluding hydrogens is 641 g/mol. The fourth-order valence-corrected chi connectivity index (χ4v) is 8.38. The van der Waals surface area contributed by atoms with Gasteiger partial charge in [-0.05, 0) is 84.3 Å². The summed E-state index contributed by atoms with van der Waals surface area (Å²) in [4.78, 5) is 10.1. The average molecular weight is 677 g/mol. The molecule has 0 fully saturated rings. The van der Waals surface area contributed by atoms with Crippen LogP contribution in [-0.2, 0) is 5.41 Å². The Bertz CT molecular complexity index is 2780. The standard InChI is InChI=1S/C51H36N2/c1-51(2)44-23-13-22-41(49(44)43-30-38-19-9-10-20-39(38)31-45(43)51)42-29-28-33-14-11-12-21-40(33)48(42)36-26-24-35(25-27-36)47-32-46(34-15-5-3-6-16-34)52-50(53-47)37-17-7-4-8-18-37/h3-32H,1-2H3. The van der Waals surface area contributed by atoms with E-state index in [0.717, 1.165) is 33.9 Å². The SMILES string of the molecule is CC1(C)c2cc3ccccc3cc2-c2c(-c3ccc4ccccc4c3-c3ccc(-c4cc(-c5ccccc5)nc(-c5ccccc5)n4)cc3)cccc21. The fraction of sp³-hybridized carbons (Fsp3) is 0.0588. The lowest BCUT2D eigenvalue weighted by Gasteiger charge is -2.22. The van der Waals surface area contributed by atoms with Crippen LogP contribution in [0.1, 0.15) is 25.0 Å². The van der Waals surface area contributed by atoms with Gasteiger partial charge in [0, 0.05) is 22.1 Å². The molecule has 0 radical (unpaired) electrons. The van der Waals surface area contributed by atoms with E-state index in [9.17, 15) is 0 Å². The molecule has 0 unspecified atom stereocenters. The van der Waals surface area contributed by atoms with E-state index in [1.165, 1.54) is 66.1 Å². The lowest BCUT2D eigenvalue weighted by atomic mass is 9.81. The van der Waals surface area contributed by atoms with Gasteiger partial charge >= 0.3 is 0 Å². The quantitative estimate of drug-likeness (QED) is 0.181. The van der Waals surface area contributed by atoms with Crippen molar-refractivity contribution >= 4 is 21.5 Å². The molecule has 0 spiro atoms. The van der Waals surface area contributed by atoms with Crippen LogP contribution in [0.15, 0.2) is 182 Å². The number of hydrogen-bond acceptors (Lipinski definition) is 2. The molecule has 1 aliphatic rings. The van der Waals surface area contributed by atoms with Crippen molar-refractivity contribution in [1.82, 2.24) is 9.97 Å². The predicted octanol–water partition coefficient (Wildman–Crippen LogP) is 13.4. The molecule has 0 saturated carbocycles. The summed E-state index contributed by atoms with van der Waals surface area (Å²) >= 11 is 0. The Balaban J connectivity index is 1.15. The van der Waals surface area contributed by atoms with Crippen molar-refractivity contribution in [2.75, 3.05) is 0 Å². The number of fused-ring (bicyclic) bond motifs is 5. The average Bonchev–Trinajstić information content (AvgIpc) is 3.45. The summed E-state index contributed by atoms with van der Waals surface area (Å²) < 4.78 is 0. The van der Waals surface area contributed by atoms with Crippen LogP contribution in [0.25, 0.3) is 88.8 Å². The van der Waals surface area contributed by atoms with Crippen molar-refractivity contribution in [1.29, 1.82) is 0 Å². The van der Waals surface area contributed by atoms with Gasteiger partial charge in [0.05, 0.1) is 11.4 Å². The summed E-state index contributed by atoms with van der Waals surface area (Å²) in [6, 6.07) is 65.5. The van der Waals surface area contributed by atoms with E-state index in [1.807, 2.05) is 24.3 Å². The molecule has 1 aliphatic carbocycles. The zero-order valence-corrected chi connectivity index (χ0v) is 29.7. The number of aromatic nitrogens is 2. The third kappa shape index (κ3) is 5.18. The van der Waals surface area contributed by atoms with Crippen molar-refractivity contribution in [3.63, 3.8) is 0 Å². The second-order valence-corrected chi connectivity index (χ2v) is 14.6. The molecule has 0 atom stereocenters. The first kappa shape index (κ1) is 31.1. The van der Waals surface area contributed by atoms with Crippen LogP contribution in [-0.4, -0.2) is 9.97 Å². The Labute approximate surface area is 310 Å². The highest BCUT2D eigenvalue weighted by molar-refractivity contribution is 6.08. The maximum absolute atomic E-state index is 5.10. The van der Waals surface area contributed by atoms with Crippen molar-refractivity contribution in [2.45, 2.75) is 19.3 Å². The molecule has 2 nitrogen and oxygen atoms in total. The second kappa shape index (κ2) is 12.3. The highest BCUT2D eigenvalue weighted by Crippen LogP contribution is 2.54. The first-order chi connectivity index (χ1) is 26.0. The third-order valence-electron chi connectivity index (χ3n) is 11.1. The second-order valence-electron chi connectivity index (χ2n) is 14.6. The number of nitrogens with zero attached hydrogens (tertiary/aromatic N) is 2. The topological polar surface area (TPSA) is 25.8 Å². The van der Waals surface area contributed by atoms with Crippen LogP contribution in [0.2, 0.25) is 0 Å². The van der Waals surface area contributed by atoms with Crippen LogP contribution in [0.4, 0.5) is 0 Å². The van der Waals surface area contributed by atoms with Gasteiger partial charge in [0.15, 0.2) is 5.82 Å². The molecule has 250 valence electrons. The van der Waals surface area contributed by atoms with Gasteiger partial charge in [-0.2, -0.15) is 0 Å². The first-order valence-corrected chi connectivity index (χ1v) is 18.3. The molecular formula is C51H36N2. The van der Waals surface area contributed by atoms with E-state index in [2.05, 4.69) is 172 Å². The molecule has 0 aliphatic heterocycles. The summed E-state index contributed by atoms with van der Waals surface area (Å²) in [5.74, 6) is 0.719. The molecule has 0 amide bonds. The molecule has 53 heavy (non-hydrogen) atoms. The molecule has 9 aromatic rings. The van der Waals surface area contributed by atoms with Crippen molar-refractivity contribution in [3.8, 4) is 67.3 Å². The predicted molar refractivity (Wildman–Crippen MR) is 222 cm³/mol. The van der Waals surface area contributed by atoms with Crippen LogP contribution in [0, 0.1) is 0 Å². The smallest absolute Gasteiger partial charge is 0.160 e. The Kier molecular flexibility index (Phi) is 7.19. The summed E-state index contributed by atoms with van der Waals surface area (Å²) in [7, 11) is 0. The maximum atomic E-state index is 5.10. The highest BCUT2D eigenvalue weighted by atomic mass is 14.9. The first-order valence-electron chi connectivity index (χ1n) is 18.3. The Morgan fingerprint density at radius 1 is 0.358 bits per heavy atom. The minimum Gasteiger partial charge on any atom is -0.228 e. The Morgan fingerprint density at radius 2 is 0.925 bits per heavy atom. The van der Waals surface area contributed by atoms with Crippen molar-refractivity contribution < 1.29 is 0 Å². The molecule has 1 heterocycles. The lowest BCUT2D eigenvalue weighted by Crippen LogP contribution is -2.14. The van der Waals surface area contributed by atoms with E-state index < -0.39 is 0 Å². The summed E-state index contributed by atoms with van der Waals surface area (Å²) in [6.45, 7) is 4.74. The Morgan fingerprint density at radius 3 is 1.64 bits per heavy atom. The van der Waals surface area contributed by atoms with Gasteiger partial charge in [0.1, 0.15) is 0 Å². The lowest BCUT2D eigenvalue weighted by molar-refractivity contribution is 0.661. The van der Waals surface area contributed by atoms with Gasteiger partial charge in [0.2, 0.25) is 0 Å². The summed E-state index contributed by atoms with van der Waals surface area (Å²) in [6.07, 6.45) is 0. The van der Waals surface area contributed by atoms with Crippen molar-refractivity contribution in [2.24, 2.45) is 0 Å². The molecule has 8 aromatic carbocycles. The minimum absolute atomic E-state index is 0.113. The van der Waals surface area contributed by atoms with E-state index in [1.54, 1.807) is 0 Å². The van der Waals surface area contributed by atoms with Crippen LogP contribution in [0.3, 0.4) is 0 Å². The number of benzene rings is 8. The minimum atomic E-state index is -0.113. The molecule has 2 heteroatoms. The van der Waals surface area contributed by atoms with E-state index in [0.29, 0.717) is 0 Å². The maximum Gasteiger partial charge on any atom is 0.160 e. The van der Waals surface area contributed by atoms with E-state index in [4.69, 9.17) is 9.97 Å². The summed E-state index contributed by atoms with van der Waals surface area (Å²) in [5.41, 5.74) is 15.2. The van der Waals surface area contributed by atoms with Gasteiger partial charge in [0.25, 0.3) is 0 Å². The third-order valence-corrected chi connectivity index (χ3v) is 11.1. The molecule has 10 rings (SSSR count). The highest BCUT2D eigenvalue weighted by Gasteiger charge is 2.37. The molecule has 0 N–H and O–H groups in total. The monoisotopic (exact) mass is 676 g/mol. The van der Waals surface area contributed by atoms with E-state index in [-0.39, 0.29) is 5.41 Å². The van der Waals surface area contributed by atoms with Gasteiger partial charge < -0.3 is 0 Å². The summed E-state index contributed by atoms with van der Waals surface area (Å²) in [5, 5.41) is 5.03. The van der Waals surface area contributed by atoms with E-state index >= 15 is 0 Å². The van der Waals surface area contributed by atoms with Gasteiger partial charge in [-0.15, -0.1) is 0 Å². The molecule has 0 saturated heterocycles. The molecule has 1 aromatic heterocycles. The van der Waals surface area contributed by atoms with Crippen LogP contribution >= 0.6 is 0 Å². The molecule has 0 bridgehead atoms. The van der Waals surface area contributed by atoms with Gasteiger partial charge in [-0.3, -0.25) is 0 Å². The van der Waals surface area contributed by atoms with Crippen molar-refractivity contribution in [3.05, 3.63) is 193 Å². The largest absolute Gasteiger partial charge is 0.228 e. The van der Waals surface area contributed by atoms with Gasteiger partial charge in [-0.1, -0.05) is 178 Å². The Hall–Kier alpha value is -6.64. The zero-order valence-electron chi connectivity index (χ0n) is 29.7. The van der Waals surface area contributed by atoms with Gasteiger partial charge in [-0.25, -0.2) is 9.97 Å². The zero-order chi connectivity index (χ0) is 35.5. The van der Waals surface area contributed by atoms with Crippen LogP contribution in [0.5, 0.6) is 0 Å². The number of rotatable bonds is 5. The number of hydrogen-bond donors (Lipinski definition) is 0. The fourth-order valence-electron chi connectivity index (χ4n) is 8.38. The van der Waals surface area contributed by atoms with Crippen LogP contribution < -0.4 is 0 Å². The normalized spacial score (nSPS) is 12.9.